The molecule has 0 atom stereocenters. The van der Waals surface area contributed by atoms with Crippen LogP contribution in [0.2, 0.25) is 0 Å². The molecule has 2 amide bonds. The molecule has 2 rings (SSSR count). The molecular weight excluding hydrogens is 232 g/mol. The summed E-state index contributed by atoms with van der Waals surface area (Å²) in [5.74, 6) is -0.161. The number of amides is 2. The Morgan fingerprint density at radius 3 is 2.28 bits per heavy atom. The summed E-state index contributed by atoms with van der Waals surface area (Å²) in [6.07, 6.45) is 5.56. The molecule has 0 saturated heterocycles. The zero-order valence-corrected chi connectivity index (χ0v) is 10.1. The number of carbonyl (C=O) groups is 1. The molecule has 5 nitrogen and oxygen atoms in total. The number of urea groups is 1. The highest BCUT2D eigenvalue weighted by Crippen LogP contribution is 2.24. The van der Waals surface area contributed by atoms with Crippen LogP contribution in [0.3, 0.4) is 0 Å². The number of hydrogen-bond acceptors (Lipinski definition) is 3. The van der Waals surface area contributed by atoms with Crippen LogP contribution < -0.4 is 10.6 Å². The van der Waals surface area contributed by atoms with Gasteiger partial charge in [0.1, 0.15) is 11.5 Å². The summed E-state index contributed by atoms with van der Waals surface area (Å²) in [4.78, 5) is 11.7. The number of phenolic OH excluding ortho intramolecular Hbond substituents is 2. The van der Waals surface area contributed by atoms with Gasteiger partial charge in [-0.15, -0.1) is 0 Å². The molecule has 18 heavy (non-hydrogen) atoms. The van der Waals surface area contributed by atoms with Crippen LogP contribution in [0.25, 0.3) is 0 Å². The molecule has 1 aliphatic carbocycles. The van der Waals surface area contributed by atoms with Crippen LogP contribution in [0.15, 0.2) is 18.2 Å². The van der Waals surface area contributed by atoms with Crippen LogP contribution in [-0.4, -0.2) is 22.3 Å². The zero-order valence-electron chi connectivity index (χ0n) is 10.1. The maximum Gasteiger partial charge on any atom is 0.319 e. The number of phenols is 2. The van der Waals surface area contributed by atoms with Gasteiger partial charge in [0.25, 0.3) is 0 Å². The van der Waals surface area contributed by atoms with Gasteiger partial charge in [-0.3, -0.25) is 0 Å². The van der Waals surface area contributed by atoms with E-state index in [2.05, 4.69) is 10.6 Å². The number of benzene rings is 1. The Bertz CT molecular complexity index is 408. The Labute approximate surface area is 106 Å². The van der Waals surface area contributed by atoms with Crippen molar-refractivity contribution in [3.05, 3.63) is 18.2 Å². The number of carbonyl (C=O) groups excluding carboxylic acids is 1. The van der Waals surface area contributed by atoms with E-state index in [9.17, 15) is 15.0 Å². The van der Waals surface area contributed by atoms with Gasteiger partial charge in [0.15, 0.2) is 0 Å². The third kappa shape index (κ3) is 3.55. The quantitative estimate of drug-likeness (QED) is 0.651. The van der Waals surface area contributed by atoms with Crippen LogP contribution in [0.4, 0.5) is 10.5 Å². The van der Waals surface area contributed by atoms with Crippen molar-refractivity contribution in [1.29, 1.82) is 0 Å². The lowest BCUT2D eigenvalue weighted by Crippen LogP contribution is -2.38. The summed E-state index contributed by atoms with van der Waals surface area (Å²) >= 11 is 0. The first-order valence-corrected chi connectivity index (χ1v) is 6.24. The molecule has 1 aromatic carbocycles. The van der Waals surface area contributed by atoms with E-state index >= 15 is 0 Å². The van der Waals surface area contributed by atoms with Gasteiger partial charge in [-0.05, 0) is 12.8 Å². The summed E-state index contributed by atoms with van der Waals surface area (Å²) in [7, 11) is 0. The van der Waals surface area contributed by atoms with E-state index in [0.717, 1.165) is 25.7 Å². The van der Waals surface area contributed by atoms with Gasteiger partial charge in [0.2, 0.25) is 0 Å². The summed E-state index contributed by atoms with van der Waals surface area (Å²) in [6, 6.07) is 3.92. The predicted molar refractivity (Wildman–Crippen MR) is 68.8 cm³/mol. The standard InChI is InChI=1S/C13H18N2O3/c16-11-6-10(7-12(17)8-11)15-13(18)14-9-4-2-1-3-5-9/h6-9,16-17H,1-5H2,(H2,14,15,18). The van der Waals surface area contributed by atoms with Gasteiger partial charge >= 0.3 is 6.03 Å². The lowest BCUT2D eigenvalue weighted by molar-refractivity contribution is 0.244. The van der Waals surface area contributed by atoms with E-state index in [0.29, 0.717) is 5.69 Å². The SMILES string of the molecule is O=C(Nc1cc(O)cc(O)c1)NC1CCCCC1. The zero-order chi connectivity index (χ0) is 13.0. The Kier molecular flexibility index (Phi) is 3.92. The molecule has 1 aliphatic rings. The Balaban J connectivity index is 1.89. The third-order valence-electron chi connectivity index (χ3n) is 3.10. The average Bonchev–Trinajstić information content (AvgIpc) is 2.28. The highest BCUT2D eigenvalue weighted by atomic mass is 16.3. The molecule has 0 spiro atoms. The smallest absolute Gasteiger partial charge is 0.319 e. The maximum absolute atomic E-state index is 11.7. The Morgan fingerprint density at radius 2 is 1.67 bits per heavy atom. The first kappa shape index (κ1) is 12.5. The topological polar surface area (TPSA) is 81.6 Å². The fourth-order valence-electron chi connectivity index (χ4n) is 2.27. The normalized spacial score (nSPS) is 16.2. The Hall–Kier alpha value is -1.91. The van der Waals surface area contributed by atoms with E-state index < -0.39 is 0 Å². The minimum absolute atomic E-state index is 0.0806. The van der Waals surface area contributed by atoms with Crippen LogP contribution in [-0.2, 0) is 0 Å². The van der Waals surface area contributed by atoms with E-state index in [1.54, 1.807) is 0 Å². The second-order valence-corrected chi connectivity index (χ2v) is 4.67. The van der Waals surface area contributed by atoms with E-state index in [1.165, 1.54) is 24.6 Å². The van der Waals surface area contributed by atoms with Gasteiger partial charge in [0, 0.05) is 29.9 Å². The molecule has 0 unspecified atom stereocenters. The summed E-state index contributed by atoms with van der Waals surface area (Å²) in [6.45, 7) is 0. The molecule has 0 aromatic heterocycles. The lowest BCUT2D eigenvalue weighted by atomic mass is 9.96. The van der Waals surface area contributed by atoms with Crippen molar-refractivity contribution >= 4 is 11.7 Å². The van der Waals surface area contributed by atoms with E-state index in [4.69, 9.17) is 0 Å². The number of hydrogen-bond donors (Lipinski definition) is 4. The molecule has 0 aliphatic heterocycles. The van der Waals surface area contributed by atoms with Crippen molar-refractivity contribution in [3.63, 3.8) is 0 Å². The summed E-state index contributed by atoms with van der Waals surface area (Å²) < 4.78 is 0. The van der Waals surface area contributed by atoms with Gasteiger partial charge in [-0.1, -0.05) is 19.3 Å². The van der Waals surface area contributed by atoms with Crippen LogP contribution in [0.1, 0.15) is 32.1 Å². The lowest BCUT2D eigenvalue weighted by Gasteiger charge is -2.22. The fourth-order valence-corrected chi connectivity index (χ4v) is 2.27. The first-order valence-electron chi connectivity index (χ1n) is 6.24. The fraction of sp³-hybridized carbons (Fsp3) is 0.462. The summed E-state index contributed by atoms with van der Waals surface area (Å²) in [5.41, 5.74) is 0.376. The van der Waals surface area contributed by atoms with Crippen molar-refractivity contribution in [2.45, 2.75) is 38.1 Å². The van der Waals surface area contributed by atoms with Crippen molar-refractivity contribution in [2.24, 2.45) is 0 Å². The third-order valence-corrected chi connectivity index (χ3v) is 3.10. The predicted octanol–water partition coefficient (Wildman–Crippen LogP) is 2.55. The molecule has 5 heteroatoms. The molecule has 98 valence electrons. The van der Waals surface area contributed by atoms with Crippen molar-refractivity contribution in [1.82, 2.24) is 5.32 Å². The molecule has 0 radical (unpaired) electrons. The molecule has 0 heterocycles. The van der Waals surface area contributed by atoms with Crippen molar-refractivity contribution in [3.8, 4) is 11.5 Å². The summed E-state index contributed by atoms with van der Waals surface area (Å²) in [5, 5.41) is 24.1. The van der Waals surface area contributed by atoms with Gasteiger partial charge in [0.05, 0.1) is 0 Å². The monoisotopic (exact) mass is 250 g/mol. The van der Waals surface area contributed by atoms with Crippen LogP contribution >= 0.6 is 0 Å². The second kappa shape index (κ2) is 5.62. The van der Waals surface area contributed by atoms with E-state index in [1.807, 2.05) is 0 Å². The molecule has 1 fully saturated rings. The molecule has 1 aromatic rings. The molecule has 4 N–H and O–H groups in total. The average molecular weight is 250 g/mol. The highest BCUT2D eigenvalue weighted by Gasteiger charge is 2.15. The molecule has 1 saturated carbocycles. The Morgan fingerprint density at radius 1 is 1.06 bits per heavy atom. The second-order valence-electron chi connectivity index (χ2n) is 4.67. The largest absolute Gasteiger partial charge is 0.508 e. The first-order chi connectivity index (χ1) is 8.63. The van der Waals surface area contributed by atoms with Crippen molar-refractivity contribution in [2.75, 3.05) is 5.32 Å². The van der Waals surface area contributed by atoms with Gasteiger partial charge in [-0.2, -0.15) is 0 Å². The van der Waals surface area contributed by atoms with E-state index in [-0.39, 0.29) is 23.6 Å². The van der Waals surface area contributed by atoms with Crippen molar-refractivity contribution < 1.29 is 15.0 Å². The number of nitrogens with one attached hydrogen (secondary N) is 2. The van der Waals surface area contributed by atoms with Gasteiger partial charge in [-0.25, -0.2) is 4.79 Å². The number of aromatic hydroxyl groups is 2. The number of anilines is 1. The van der Waals surface area contributed by atoms with Crippen LogP contribution in [0.5, 0.6) is 11.5 Å². The molecular formula is C13H18N2O3. The number of rotatable bonds is 2. The molecule has 0 bridgehead atoms. The minimum atomic E-state index is -0.299. The van der Waals surface area contributed by atoms with Gasteiger partial charge < -0.3 is 20.8 Å². The minimum Gasteiger partial charge on any atom is -0.508 e. The van der Waals surface area contributed by atoms with Crippen LogP contribution in [0, 0.1) is 0 Å². The highest BCUT2D eigenvalue weighted by molar-refractivity contribution is 5.89. The maximum atomic E-state index is 11.7.